The van der Waals surface area contributed by atoms with Gasteiger partial charge in [0.2, 0.25) is 5.76 Å². The monoisotopic (exact) mass is 405 g/mol. The van der Waals surface area contributed by atoms with Crippen LogP contribution in [0.1, 0.15) is 33.5 Å². The molecule has 1 amide bonds. The Balaban J connectivity index is 1.73. The van der Waals surface area contributed by atoms with E-state index in [-0.39, 0.29) is 28.8 Å². The molecular weight excluding hydrogens is 389 g/mol. The summed E-state index contributed by atoms with van der Waals surface area (Å²) < 4.78 is 30.2. The first-order valence-electron chi connectivity index (χ1n) is 9.30. The number of carbonyl (C=O) groups is 1. The SMILES string of the molecule is COc1ccc([C@@H]2c3c(oc4ccc(F)cc4c3=O)C(=O)N2Cc2ccco2)cc1. The second-order valence-corrected chi connectivity index (χ2v) is 7.00. The molecule has 7 heteroatoms. The van der Waals surface area contributed by atoms with E-state index in [0.717, 1.165) is 6.07 Å². The summed E-state index contributed by atoms with van der Waals surface area (Å²) in [6, 6.07) is 13.5. The van der Waals surface area contributed by atoms with Crippen LogP contribution in [0.15, 0.2) is 74.5 Å². The minimum atomic E-state index is -0.701. The molecule has 4 aromatic rings. The standard InChI is InChI=1S/C23H16FNO5/c1-28-15-7-4-13(5-8-15)20-19-21(26)17-11-14(24)6-9-18(17)30-22(19)23(27)25(20)12-16-3-2-10-29-16/h2-11,20H,12H2,1H3/t20-/m1/s1. The second kappa shape index (κ2) is 6.88. The Hall–Kier alpha value is -3.87. The van der Waals surface area contributed by atoms with Gasteiger partial charge < -0.3 is 18.5 Å². The highest BCUT2D eigenvalue weighted by Crippen LogP contribution is 2.39. The number of fused-ring (bicyclic) bond motifs is 2. The molecule has 2 aromatic carbocycles. The van der Waals surface area contributed by atoms with Crippen LogP contribution in [-0.4, -0.2) is 17.9 Å². The van der Waals surface area contributed by atoms with Crippen LogP contribution in [0.2, 0.25) is 0 Å². The number of hydrogen-bond donors (Lipinski definition) is 0. The number of rotatable bonds is 4. The lowest BCUT2D eigenvalue weighted by atomic mass is 9.98. The Morgan fingerprint density at radius 2 is 1.90 bits per heavy atom. The molecule has 0 radical (unpaired) electrons. The zero-order valence-corrected chi connectivity index (χ0v) is 15.9. The van der Waals surface area contributed by atoms with Crippen LogP contribution in [0.3, 0.4) is 0 Å². The fourth-order valence-electron chi connectivity index (χ4n) is 3.86. The van der Waals surface area contributed by atoms with Crippen molar-refractivity contribution in [2.24, 2.45) is 0 Å². The lowest BCUT2D eigenvalue weighted by Crippen LogP contribution is -2.29. The fraction of sp³-hybridized carbons (Fsp3) is 0.130. The molecule has 5 rings (SSSR count). The predicted octanol–water partition coefficient (Wildman–Crippen LogP) is 4.28. The number of halogens is 1. The van der Waals surface area contributed by atoms with Gasteiger partial charge in [0.05, 0.1) is 36.9 Å². The first-order valence-corrected chi connectivity index (χ1v) is 9.30. The molecule has 0 bridgehead atoms. The van der Waals surface area contributed by atoms with Crippen LogP contribution in [0.25, 0.3) is 11.0 Å². The lowest BCUT2D eigenvalue weighted by molar-refractivity contribution is 0.0701. The van der Waals surface area contributed by atoms with Crippen molar-refractivity contribution in [2.45, 2.75) is 12.6 Å². The van der Waals surface area contributed by atoms with Gasteiger partial charge >= 0.3 is 0 Å². The van der Waals surface area contributed by atoms with Gasteiger partial charge in [0, 0.05) is 0 Å². The van der Waals surface area contributed by atoms with Gasteiger partial charge in [-0.15, -0.1) is 0 Å². The number of hydrogen-bond acceptors (Lipinski definition) is 5. The van der Waals surface area contributed by atoms with Gasteiger partial charge in [-0.05, 0) is 48.0 Å². The quantitative estimate of drug-likeness (QED) is 0.507. The van der Waals surface area contributed by atoms with E-state index >= 15 is 0 Å². The van der Waals surface area contributed by atoms with Crippen molar-refractivity contribution in [1.82, 2.24) is 4.90 Å². The largest absolute Gasteiger partial charge is 0.497 e. The van der Waals surface area contributed by atoms with Crippen LogP contribution in [0, 0.1) is 5.82 Å². The van der Waals surface area contributed by atoms with E-state index in [2.05, 4.69) is 0 Å². The molecule has 0 aliphatic carbocycles. The summed E-state index contributed by atoms with van der Waals surface area (Å²) in [6.07, 6.45) is 1.52. The Kier molecular flexibility index (Phi) is 4.17. The van der Waals surface area contributed by atoms with Crippen molar-refractivity contribution in [3.63, 3.8) is 0 Å². The molecule has 3 heterocycles. The predicted molar refractivity (Wildman–Crippen MR) is 106 cm³/mol. The Morgan fingerprint density at radius 3 is 2.60 bits per heavy atom. The average Bonchev–Trinajstić information content (AvgIpc) is 3.37. The third kappa shape index (κ3) is 2.78. The van der Waals surface area contributed by atoms with Crippen LogP contribution < -0.4 is 10.2 Å². The van der Waals surface area contributed by atoms with E-state index in [1.807, 2.05) is 0 Å². The summed E-state index contributed by atoms with van der Waals surface area (Å²) in [6.45, 7) is 0.150. The van der Waals surface area contributed by atoms with E-state index in [0.29, 0.717) is 17.1 Å². The first-order chi connectivity index (χ1) is 14.6. The van der Waals surface area contributed by atoms with Crippen molar-refractivity contribution < 1.29 is 22.8 Å². The Bertz CT molecular complexity index is 1310. The van der Waals surface area contributed by atoms with Crippen molar-refractivity contribution in [1.29, 1.82) is 0 Å². The van der Waals surface area contributed by atoms with Crippen LogP contribution in [-0.2, 0) is 6.54 Å². The molecule has 0 spiro atoms. The molecule has 1 aliphatic heterocycles. The number of carbonyl (C=O) groups excluding carboxylic acids is 1. The van der Waals surface area contributed by atoms with E-state index < -0.39 is 23.2 Å². The Morgan fingerprint density at radius 1 is 1.10 bits per heavy atom. The molecule has 2 aromatic heterocycles. The number of nitrogens with zero attached hydrogens (tertiary/aromatic N) is 1. The highest BCUT2D eigenvalue weighted by atomic mass is 19.1. The molecule has 0 saturated heterocycles. The molecule has 30 heavy (non-hydrogen) atoms. The highest BCUT2D eigenvalue weighted by Gasteiger charge is 2.43. The number of amides is 1. The van der Waals surface area contributed by atoms with E-state index in [1.165, 1.54) is 23.3 Å². The number of methoxy groups -OCH3 is 1. The minimum Gasteiger partial charge on any atom is -0.497 e. The highest BCUT2D eigenvalue weighted by molar-refractivity contribution is 5.99. The number of benzene rings is 2. The lowest BCUT2D eigenvalue weighted by Gasteiger charge is -2.24. The van der Waals surface area contributed by atoms with E-state index in [4.69, 9.17) is 13.6 Å². The molecule has 150 valence electrons. The Labute approximate surface area is 170 Å². The van der Waals surface area contributed by atoms with Gasteiger partial charge in [-0.1, -0.05) is 12.1 Å². The second-order valence-electron chi connectivity index (χ2n) is 7.00. The molecule has 1 aliphatic rings. The van der Waals surface area contributed by atoms with Crippen LogP contribution in [0.4, 0.5) is 4.39 Å². The molecule has 1 atom stereocenters. The third-order valence-corrected chi connectivity index (χ3v) is 5.27. The maximum Gasteiger partial charge on any atom is 0.291 e. The van der Waals surface area contributed by atoms with Gasteiger partial charge in [-0.3, -0.25) is 9.59 Å². The van der Waals surface area contributed by atoms with Crippen LogP contribution in [0.5, 0.6) is 5.75 Å². The molecule has 0 unspecified atom stereocenters. The van der Waals surface area contributed by atoms with Crippen molar-refractivity contribution in [2.75, 3.05) is 7.11 Å². The van der Waals surface area contributed by atoms with Gasteiger partial charge in [0.25, 0.3) is 5.91 Å². The summed E-state index contributed by atoms with van der Waals surface area (Å²) in [5, 5.41) is 0.0971. The summed E-state index contributed by atoms with van der Waals surface area (Å²) in [5.41, 5.74) is 0.635. The minimum absolute atomic E-state index is 0.0357. The van der Waals surface area contributed by atoms with E-state index in [9.17, 15) is 14.0 Å². The maximum absolute atomic E-state index is 13.8. The van der Waals surface area contributed by atoms with Gasteiger partial charge in [-0.25, -0.2) is 4.39 Å². The molecule has 0 N–H and O–H groups in total. The normalized spacial score (nSPS) is 15.6. The molecule has 0 fully saturated rings. The van der Waals surface area contributed by atoms with Crippen LogP contribution >= 0.6 is 0 Å². The van der Waals surface area contributed by atoms with Crippen molar-refractivity contribution in [3.05, 3.63) is 99.5 Å². The molecule has 0 saturated carbocycles. The molecular formula is C23H16FNO5. The zero-order valence-electron chi connectivity index (χ0n) is 15.9. The van der Waals surface area contributed by atoms with E-state index in [1.54, 1.807) is 43.5 Å². The van der Waals surface area contributed by atoms with Crippen molar-refractivity contribution in [3.8, 4) is 5.75 Å². The topological polar surface area (TPSA) is 72.9 Å². The first kappa shape index (κ1) is 18.2. The van der Waals surface area contributed by atoms with Gasteiger partial charge in [-0.2, -0.15) is 0 Å². The zero-order chi connectivity index (χ0) is 20.8. The summed E-state index contributed by atoms with van der Waals surface area (Å²) in [5.74, 6) is 0.204. The third-order valence-electron chi connectivity index (χ3n) is 5.27. The summed E-state index contributed by atoms with van der Waals surface area (Å²) in [7, 11) is 1.56. The summed E-state index contributed by atoms with van der Waals surface area (Å²) >= 11 is 0. The van der Waals surface area contributed by atoms with Gasteiger partial charge in [0.1, 0.15) is 22.9 Å². The molecule has 6 nitrogen and oxygen atoms in total. The number of furan rings is 1. The smallest absolute Gasteiger partial charge is 0.291 e. The number of ether oxygens (including phenoxy) is 1. The van der Waals surface area contributed by atoms with Crippen molar-refractivity contribution >= 4 is 16.9 Å². The average molecular weight is 405 g/mol. The maximum atomic E-state index is 13.8. The fourth-order valence-corrected chi connectivity index (χ4v) is 3.86. The van der Waals surface area contributed by atoms with Gasteiger partial charge in [0.15, 0.2) is 5.43 Å². The summed E-state index contributed by atoms with van der Waals surface area (Å²) in [4.78, 5) is 28.1.